The average Bonchev–Trinajstić information content (AvgIpc) is 2.20. The zero-order valence-corrected chi connectivity index (χ0v) is 10.6. The minimum atomic E-state index is -0.373. The Morgan fingerprint density at radius 3 is 2.38 bits per heavy atom. The number of hydrogen-bond donors (Lipinski definition) is 1. The third-order valence-corrected chi connectivity index (χ3v) is 2.85. The van der Waals surface area contributed by atoms with E-state index in [0.717, 1.165) is 17.5 Å². The summed E-state index contributed by atoms with van der Waals surface area (Å²) >= 11 is 0. The molecule has 0 saturated heterocycles. The van der Waals surface area contributed by atoms with Crippen LogP contribution in [0.25, 0.3) is 0 Å². The second-order valence-electron chi connectivity index (χ2n) is 4.90. The number of carbonyl (C=O) groups excluding carboxylic acids is 1. The molecular weight excluding hydrogens is 198 g/mol. The van der Waals surface area contributed by atoms with E-state index in [-0.39, 0.29) is 11.8 Å². The molecule has 0 aliphatic heterocycles. The van der Waals surface area contributed by atoms with E-state index in [0.29, 0.717) is 5.92 Å². The zero-order valence-electron chi connectivity index (χ0n) is 10.6. The van der Waals surface area contributed by atoms with E-state index in [9.17, 15) is 4.79 Å². The number of benzene rings is 1. The number of rotatable bonds is 4. The number of nitrogens with two attached hydrogens (primary N) is 1. The van der Waals surface area contributed by atoms with Gasteiger partial charge in [0.05, 0.1) is 6.04 Å². The van der Waals surface area contributed by atoms with Crippen LogP contribution in [0.5, 0.6) is 0 Å². The van der Waals surface area contributed by atoms with E-state index in [1.54, 1.807) is 0 Å². The average molecular weight is 219 g/mol. The molecule has 0 bridgehead atoms. The maximum atomic E-state index is 12.0. The van der Waals surface area contributed by atoms with Gasteiger partial charge in [-0.05, 0) is 43.4 Å². The minimum absolute atomic E-state index is 0.0526. The molecule has 0 fully saturated rings. The van der Waals surface area contributed by atoms with E-state index < -0.39 is 0 Å². The zero-order chi connectivity index (χ0) is 12.3. The highest BCUT2D eigenvalue weighted by Gasteiger charge is 2.17. The Morgan fingerprint density at radius 1 is 1.25 bits per heavy atom. The van der Waals surface area contributed by atoms with Gasteiger partial charge in [0.1, 0.15) is 0 Å². The Bertz CT molecular complexity index is 382. The first-order valence-electron chi connectivity index (χ1n) is 5.79. The summed E-state index contributed by atoms with van der Waals surface area (Å²) in [6.07, 6.45) is 0.742. The molecule has 0 spiro atoms. The predicted octanol–water partition coefficient (Wildman–Crippen LogP) is 2.86. The molecule has 1 rings (SSSR count). The molecule has 0 aliphatic carbocycles. The number of ketones is 1. The summed E-state index contributed by atoms with van der Waals surface area (Å²) in [5, 5.41) is 0. The van der Waals surface area contributed by atoms with Crippen LogP contribution in [0.15, 0.2) is 18.2 Å². The maximum Gasteiger partial charge on any atom is 0.179 e. The van der Waals surface area contributed by atoms with Gasteiger partial charge in [0, 0.05) is 5.56 Å². The molecule has 0 aliphatic rings. The van der Waals surface area contributed by atoms with Crippen molar-refractivity contribution in [3.8, 4) is 0 Å². The molecule has 0 saturated carbocycles. The molecular formula is C14H21NO. The molecule has 1 aromatic rings. The number of Topliss-reactive ketones (excluding diaryl/α,β-unsaturated/α-hetero) is 1. The van der Waals surface area contributed by atoms with Crippen molar-refractivity contribution < 1.29 is 4.79 Å². The number of carbonyl (C=O) groups is 1. The lowest BCUT2D eigenvalue weighted by Gasteiger charge is -2.13. The summed E-state index contributed by atoms with van der Waals surface area (Å²) in [7, 11) is 0. The fourth-order valence-corrected chi connectivity index (χ4v) is 1.72. The van der Waals surface area contributed by atoms with Crippen LogP contribution in [0.4, 0.5) is 0 Å². The van der Waals surface area contributed by atoms with Gasteiger partial charge in [0.2, 0.25) is 0 Å². The van der Waals surface area contributed by atoms with Crippen molar-refractivity contribution in [3.63, 3.8) is 0 Å². The molecule has 2 heteroatoms. The summed E-state index contributed by atoms with van der Waals surface area (Å²) in [6, 6.07) is 5.40. The van der Waals surface area contributed by atoms with Crippen molar-refractivity contribution in [1.29, 1.82) is 0 Å². The molecule has 1 unspecified atom stereocenters. The normalized spacial score (nSPS) is 12.9. The second kappa shape index (κ2) is 5.26. The van der Waals surface area contributed by atoms with Crippen LogP contribution in [-0.2, 0) is 0 Å². The lowest BCUT2D eigenvalue weighted by atomic mass is 9.95. The first-order valence-corrected chi connectivity index (χ1v) is 5.79. The summed E-state index contributed by atoms with van der Waals surface area (Å²) in [6.45, 7) is 8.21. The quantitative estimate of drug-likeness (QED) is 0.791. The van der Waals surface area contributed by atoms with E-state index >= 15 is 0 Å². The fourth-order valence-electron chi connectivity index (χ4n) is 1.72. The van der Waals surface area contributed by atoms with Crippen molar-refractivity contribution in [3.05, 3.63) is 34.9 Å². The van der Waals surface area contributed by atoms with Gasteiger partial charge in [-0.3, -0.25) is 4.79 Å². The van der Waals surface area contributed by atoms with Gasteiger partial charge in [-0.15, -0.1) is 0 Å². The topological polar surface area (TPSA) is 43.1 Å². The van der Waals surface area contributed by atoms with Gasteiger partial charge in [-0.2, -0.15) is 0 Å². The molecule has 1 atom stereocenters. The highest BCUT2D eigenvalue weighted by Crippen LogP contribution is 2.13. The van der Waals surface area contributed by atoms with Crippen molar-refractivity contribution in [2.75, 3.05) is 0 Å². The van der Waals surface area contributed by atoms with Crippen LogP contribution in [0.2, 0.25) is 0 Å². The highest BCUT2D eigenvalue weighted by molar-refractivity contribution is 6.00. The summed E-state index contributed by atoms with van der Waals surface area (Å²) in [4.78, 5) is 12.0. The van der Waals surface area contributed by atoms with Crippen LogP contribution < -0.4 is 5.73 Å². The largest absolute Gasteiger partial charge is 0.321 e. The molecule has 2 N–H and O–H groups in total. The predicted molar refractivity (Wildman–Crippen MR) is 67.7 cm³/mol. The Morgan fingerprint density at radius 2 is 1.88 bits per heavy atom. The van der Waals surface area contributed by atoms with Crippen molar-refractivity contribution in [2.24, 2.45) is 11.7 Å². The molecule has 2 nitrogen and oxygen atoms in total. The van der Waals surface area contributed by atoms with Gasteiger partial charge in [0.25, 0.3) is 0 Å². The van der Waals surface area contributed by atoms with E-state index in [1.807, 2.05) is 32.0 Å². The first kappa shape index (κ1) is 12.9. The smallest absolute Gasteiger partial charge is 0.179 e. The third kappa shape index (κ3) is 3.17. The van der Waals surface area contributed by atoms with E-state index in [4.69, 9.17) is 5.73 Å². The lowest BCUT2D eigenvalue weighted by Crippen LogP contribution is -2.31. The van der Waals surface area contributed by atoms with Crippen molar-refractivity contribution in [2.45, 2.75) is 40.2 Å². The van der Waals surface area contributed by atoms with Gasteiger partial charge in [-0.25, -0.2) is 0 Å². The van der Waals surface area contributed by atoms with Gasteiger partial charge < -0.3 is 5.73 Å². The Labute approximate surface area is 97.9 Å². The molecule has 1 aromatic carbocycles. The standard InChI is InChI=1S/C14H21NO/c1-9(2)7-13(15)14(16)12-6-5-10(3)11(4)8-12/h5-6,8-9,13H,7,15H2,1-4H3. The SMILES string of the molecule is Cc1ccc(C(=O)C(N)CC(C)C)cc1C. The number of aryl methyl sites for hydroxylation is 2. The van der Waals surface area contributed by atoms with Gasteiger partial charge in [0.15, 0.2) is 5.78 Å². The third-order valence-electron chi connectivity index (χ3n) is 2.85. The van der Waals surface area contributed by atoms with Gasteiger partial charge in [-0.1, -0.05) is 26.0 Å². The fraction of sp³-hybridized carbons (Fsp3) is 0.500. The van der Waals surface area contributed by atoms with Crippen LogP contribution in [-0.4, -0.2) is 11.8 Å². The summed E-state index contributed by atoms with van der Waals surface area (Å²) < 4.78 is 0. The van der Waals surface area contributed by atoms with Crippen molar-refractivity contribution >= 4 is 5.78 Å². The second-order valence-corrected chi connectivity index (χ2v) is 4.90. The molecule has 0 aromatic heterocycles. The molecule has 88 valence electrons. The Hall–Kier alpha value is -1.15. The summed E-state index contributed by atoms with van der Waals surface area (Å²) in [5.74, 6) is 0.502. The van der Waals surface area contributed by atoms with Crippen LogP contribution >= 0.6 is 0 Å². The van der Waals surface area contributed by atoms with Crippen molar-refractivity contribution in [1.82, 2.24) is 0 Å². The van der Waals surface area contributed by atoms with Crippen LogP contribution in [0.3, 0.4) is 0 Å². The molecule has 0 heterocycles. The number of hydrogen-bond acceptors (Lipinski definition) is 2. The Balaban J connectivity index is 2.84. The first-order chi connectivity index (χ1) is 7.41. The monoisotopic (exact) mass is 219 g/mol. The van der Waals surface area contributed by atoms with Crippen LogP contribution in [0, 0.1) is 19.8 Å². The van der Waals surface area contributed by atoms with Crippen LogP contribution in [0.1, 0.15) is 41.8 Å². The highest BCUT2D eigenvalue weighted by atomic mass is 16.1. The van der Waals surface area contributed by atoms with Gasteiger partial charge >= 0.3 is 0 Å². The lowest BCUT2D eigenvalue weighted by molar-refractivity contribution is 0.0951. The molecule has 0 radical (unpaired) electrons. The summed E-state index contributed by atoms with van der Waals surface area (Å²) in [5.41, 5.74) is 8.97. The molecule has 16 heavy (non-hydrogen) atoms. The maximum absolute atomic E-state index is 12.0. The van der Waals surface area contributed by atoms with E-state index in [2.05, 4.69) is 13.8 Å². The minimum Gasteiger partial charge on any atom is -0.321 e. The van der Waals surface area contributed by atoms with E-state index in [1.165, 1.54) is 5.56 Å². The molecule has 0 amide bonds. The Kier molecular flexibility index (Phi) is 4.25.